The third-order valence-corrected chi connectivity index (χ3v) is 3.76. The minimum absolute atomic E-state index is 0.0971. The summed E-state index contributed by atoms with van der Waals surface area (Å²) in [4.78, 5) is 25.5. The van der Waals surface area contributed by atoms with E-state index in [-0.39, 0.29) is 17.6 Å². The van der Waals surface area contributed by atoms with Crippen LogP contribution in [0.1, 0.15) is 41.1 Å². The lowest BCUT2D eigenvalue weighted by atomic mass is 10.3. The van der Waals surface area contributed by atoms with Gasteiger partial charge in [-0.05, 0) is 25.8 Å². The predicted molar refractivity (Wildman–Crippen MR) is 75.8 cm³/mol. The molecule has 2 heterocycles. The number of hydrogen-bond acceptors (Lipinski definition) is 3. The van der Waals surface area contributed by atoms with E-state index >= 15 is 0 Å². The summed E-state index contributed by atoms with van der Waals surface area (Å²) in [7, 11) is 0. The van der Waals surface area contributed by atoms with Crippen LogP contribution in [0.5, 0.6) is 0 Å². The number of carbonyl (C=O) groups excluding carboxylic acids is 2. The quantitative estimate of drug-likeness (QED) is 0.847. The normalized spacial score (nSPS) is 14.6. The van der Waals surface area contributed by atoms with Crippen molar-refractivity contribution in [1.29, 1.82) is 0 Å². The summed E-state index contributed by atoms with van der Waals surface area (Å²) in [6.45, 7) is 3.77. The number of likely N-dealkylation sites (tertiary alicyclic amines) is 1. The van der Waals surface area contributed by atoms with Crippen LogP contribution in [0.4, 0.5) is 0 Å². The lowest BCUT2D eigenvalue weighted by molar-refractivity contribution is -0.129. The third kappa shape index (κ3) is 3.54. The van der Waals surface area contributed by atoms with Crippen molar-refractivity contribution in [3.05, 3.63) is 23.2 Å². The highest BCUT2D eigenvalue weighted by Crippen LogP contribution is 2.16. The van der Waals surface area contributed by atoms with E-state index in [1.54, 1.807) is 13.0 Å². The van der Waals surface area contributed by atoms with Crippen LogP contribution in [0.3, 0.4) is 0 Å². The summed E-state index contributed by atoms with van der Waals surface area (Å²) in [5.41, 5.74) is 0.810. The molecule has 0 spiro atoms. The summed E-state index contributed by atoms with van der Waals surface area (Å²) >= 11 is 5.73. The highest BCUT2D eigenvalue weighted by Gasteiger charge is 2.18. The fourth-order valence-electron chi connectivity index (χ4n) is 2.26. The molecule has 0 atom stereocenters. The molecular formula is C14H19ClN2O3. The average molecular weight is 299 g/mol. The summed E-state index contributed by atoms with van der Waals surface area (Å²) in [6.07, 6.45) is 2.48. The van der Waals surface area contributed by atoms with Crippen molar-refractivity contribution in [2.24, 2.45) is 0 Å². The largest absolute Gasteiger partial charge is 0.456 e. The number of furan rings is 1. The zero-order valence-corrected chi connectivity index (χ0v) is 12.3. The fourth-order valence-corrected chi connectivity index (χ4v) is 2.52. The minimum Gasteiger partial charge on any atom is -0.456 e. The number of rotatable bonds is 5. The van der Waals surface area contributed by atoms with Gasteiger partial charge in [0.1, 0.15) is 5.76 Å². The van der Waals surface area contributed by atoms with Crippen LogP contribution in [0, 0.1) is 6.92 Å². The molecule has 1 N–H and O–H groups in total. The molecular weight excluding hydrogens is 280 g/mol. The van der Waals surface area contributed by atoms with Crippen LogP contribution >= 0.6 is 11.6 Å². The highest BCUT2D eigenvalue weighted by atomic mass is 35.5. The molecule has 1 aliphatic rings. The van der Waals surface area contributed by atoms with Crippen LogP contribution < -0.4 is 5.32 Å². The molecule has 5 nitrogen and oxygen atoms in total. The number of nitrogens with zero attached hydrogens (tertiary/aromatic N) is 1. The zero-order chi connectivity index (χ0) is 14.5. The lowest BCUT2D eigenvalue weighted by Gasteiger charge is -2.14. The maximum absolute atomic E-state index is 11.9. The summed E-state index contributed by atoms with van der Waals surface area (Å²) < 4.78 is 5.33. The second kappa shape index (κ2) is 6.79. The Morgan fingerprint density at radius 2 is 2.10 bits per heavy atom. The van der Waals surface area contributed by atoms with E-state index in [9.17, 15) is 9.59 Å². The molecule has 1 aromatic rings. The molecule has 0 unspecified atom stereocenters. The molecule has 20 heavy (non-hydrogen) atoms. The van der Waals surface area contributed by atoms with Crippen molar-refractivity contribution in [2.45, 2.75) is 32.1 Å². The van der Waals surface area contributed by atoms with Gasteiger partial charge >= 0.3 is 0 Å². The standard InChI is InChI=1S/C14H19ClN2O3/c1-10-11(9-15)8-12(20-10)14(19)16-5-4-13(18)17-6-2-3-7-17/h8H,2-7,9H2,1H3,(H,16,19). The first-order valence-corrected chi connectivity index (χ1v) is 7.36. The van der Waals surface area contributed by atoms with E-state index < -0.39 is 0 Å². The van der Waals surface area contributed by atoms with E-state index in [0.717, 1.165) is 31.5 Å². The number of aryl methyl sites for hydroxylation is 1. The Bertz CT molecular complexity index is 493. The van der Waals surface area contributed by atoms with Crippen molar-refractivity contribution >= 4 is 23.4 Å². The lowest BCUT2D eigenvalue weighted by Crippen LogP contribution is -2.32. The Kier molecular flexibility index (Phi) is 5.06. The Hall–Kier alpha value is -1.49. The number of alkyl halides is 1. The molecule has 0 bridgehead atoms. The molecule has 6 heteroatoms. The second-order valence-corrected chi connectivity index (χ2v) is 5.19. The monoisotopic (exact) mass is 298 g/mol. The van der Waals surface area contributed by atoms with Gasteiger partial charge in [0, 0.05) is 31.6 Å². The smallest absolute Gasteiger partial charge is 0.287 e. The van der Waals surface area contributed by atoms with Gasteiger partial charge in [0.2, 0.25) is 5.91 Å². The molecule has 110 valence electrons. The fraction of sp³-hybridized carbons (Fsp3) is 0.571. The number of hydrogen-bond donors (Lipinski definition) is 1. The van der Waals surface area contributed by atoms with Crippen LogP contribution in [-0.2, 0) is 10.7 Å². The molecule has 1 aromatic heterocycles. The molecule has 1 fully saturated rings. The Morgan fingerprint density at radius 3 is 2.70 bits per heavy atom. The summed E-state index contributed by atoms with van der Waals surface area (Å²) in [6, 6.07) is 1.64. The topological polar surface area (TPSA) is 62.6 Å². The van der Waals surface area contributed by atoms with Crippen molar-refractivity contribution in [3.63, 3.8) is 0 Å². The van der Waals surface area contributed by atoms with Gasteiger partial charge < -0.3 is 14.6 Å². The number of nitrogens with one attached hydrogen (secondary N) is 1. The Balaban J connectivity index is 1.78. The molecule has 2 amide bonds. The molecule has 1 aliphatic heterocycles. The Labute approximate surface area is 123 Å². The predicted octanol–water partition coefficient (Wildman–Crippen LogP) is 2.07. The second-order valence-electron chi connectivity index (χ2n) is 4.92. The van der Waals surface area contributed by atoms with Crippen LogP contribution in [0.25, 0.3) is 0 Å². The van der Waals surface area contributed by atoms with E-state index in [1.807, 2.05) is 4.90 Å². The maximum Gasteiger partial charge on any atom is 0.287 e. The molecule has 0 radical (unpaired) electrons. The average Bonchev–Trinajstić information content (AvgIpc) is 3.07. The molecule has 1 saturated heterocycles. The van der Waals surface area contributed by atoms with Gasteiger partial charge in [0.05, 0.1) is 5.88 Å². The number of carbonyl (C=O) groups is 2. The number of amides is 2. The van der Waals surface area contributed by atoms with Gasteiger partial charge in [-0.3, -0.25) is 9.59 Å². The maximum atomic E-state index is 11.9. The summed E-state index contributed by atoms with van der Waals surface area (Å²) in [5.74, 6) is 0.999. The van der Waals surface area contributed by atoms with Crippen molar-refractivity contribution in [1.82, 2.24) is 10.2 Å². The van der Waals surface area contributed by atoms with Gasteiger partial charge in [-0.25, -0.2) is 0 Å². The van der Waals surface area contributed by atoms with E-state index in [0.29, 0.717) is 24.6 Å². The van der Waals surface area contributed by atoms with Crippen molar-refractivity contribution < 1.29 is 14.0 Å². The first kappa shape index (κ1) is 14.9. The Morgan fingerprint density at radius 1 is 1.40 bits per heavy atom. The molecule has 0 aliphatic carbocycles. The number of halogens is 1. The van der Waals surface area contributed by atoms with E-state index in [4.69, 9.17) is 16.0 Å². The minimum atomic E-state index is -0.307. The third-order valence-electron chi connectivity index (χ3n) is 3.47. The van der Waals surface area contributed by atoms with E-state index in [2.05, 4.69) is 5.32 Å². The van der Waals surface area contributed by atoms with Gasteiger partial charge in [0.15, 0.2) is 5.76 Å². The zero-order valence-electron chi connectivity index (χ0n) is 11.6. The molecule has 0 aromatic carbocycles. The van der Waals surface area contributed by atoms with E-state index in [1.165, 1.54) is 0 Å². The first-order valence-electron chi connectivity index (χ1n) is 6.83. The van der Waals surface area contributed by atoms with Crippen LogP contribution in [0.15, 0.2) is 10.5 Å². The molecule has 2 rings (SSSR count). The van der Waals surface area contributed by atoms with Crippen molar-refractivity contribution in [3.8, 4) is 0 Å². The van der Waals surface area contributed by atoms with Crippen molar-refractivity contribution in [2.75, 3.05) is 19.6 Å². The van der Waals surface area contributed by atoms with Crippen LogP contribution in [0.2, 0.25) is 0 Å². The van der Waals surface area contributed by atoms with Gasteiger partial charge in [-0.15, -0.1) is 11.6 Å². The summed E-state index contributed by atoms with van der Waals surface area (Å²) in [5, 5.41) is 2.69. The molecule has 0 saturated carbocycles. The van der Waals surface area contributed by atoms with Gasteiger partial charge in [0.25, 0.3) is 5.91 Å². The SMILES string of the molecule is Cc1oc(C(=O)NCCC(=O)N2CCCC2)cc1CCl. The first-order chi connectivity index (χ1) is 9.61. The highest BCUT2D eigenvalue weighted by molar-refractivity contribution is 6.17. The van der Waals surface area contributed by atoms with Gasteiger partial charge in [-0.2, -0.15) is 0 Å². The van der Waals surface area contributed by atoms with Crippen LogP contribution in [-0.4, -0.2) is 36.3 Å². The van der Waals surface area contributed by atoms with Gasteiger partial charge in [-0.1, -0.05) is 0 Å².